The molecule has 6 heteroatoms. The standard InChI is InChI=1S/C17H14ClNO3S/c1-9-3-5-12(13(20)7-9)19-17(21)16-15(18)11-8-10(22-2)4-6-14(11)23-16/h3-8,20H,1-2H3,(H,19,21). The van der Waals surface area contributed by atoms with Crippen molar-refractivity contribution in [3.63, 3.8) is 0 Å². The van der Waals surface area contributed by atoms with Crippen LogP contribution in [0.25, 0.3) is 10.1 Å². The summed E-state index contributed by atoms with van der Waals surface area (Å²) in [4.78, 5) is 12.9. The van der Waals surface area contributed by atoms with Crippen LogP contribution in [0, 0.1) is 6.92 Å². The van der Waals surface area contributed by atoms with Gasteiger partial charge < -0.3 is 15.2 Å². The molecule has 1 aromatic heterocycles. The van der Waals surface area contributed by atoms with E-state index in [2.05, 4.69) is 5.32 Å². The van der Waals surface area contributed by atoms with Crippen LogP contribution in [0.5, 0.6) is 11.5 Å². The fourth-order valence-corrected chi connectivity index (χ4v) is 3.63. The molecule has 23 heavy (non-hydrogen) atoms. The van der Waals surface area contributed by atoms with Gasteiger partial charge in [-0.05, 0) is 42.8 Å². The lowest BCUT2D eigenvalue weighted by Crippen LogP contribution is -2.10. The summed E-state index contributed by atoms with van der Waals surface area (Å²) < 4.78 is 6.08. The molecule has 2 aromatic carbocycles. The van der Waals surface area contributed by atoms with Crippen molar-refractivity contribution in [3.8, 4) is 11.5 Å². The van der Waals surface area contributed by atoms with Crippen LogP contribution in [0.1, 0.15) is 15.2 Å². The number of phenolic OH excluding ortho intramolecular Hbond substituents is 1. The molecule has 1 amide bonds. The molecule has 4 nitrogen and oxygen atoms in total. The lowest BCUT2D eigenvalue weighted by molar-refractivity contribution is 0.103. The Kier molecular flexibility index (Phi) is 4.15. The Balaban J connectivity index is 1.96. The fourth-order valence-electron chi connectivity index (χ4n) is 2.25. The summed E-state index contributed by atoms with van der Waals surface area (Å²) in [6.45, 7) is 1.86. The van der Waals surface area contributed by atoms with E-state index in [4.69, 9.17) is 16.3 Å². The lowest BCUT2D eigenvalue weighted by atomic mass is 10.2. The third-order valence-corrected chi connectivity index (χ3v) is 5.12. The largest absolute Gasteiger partial charge is 0.506 e. The quantitative estimate of drug-likeness (QED) is 0.667. The zero-order valence-electron chi connectivity index (χ0n) is 12.5. The number of rotatable bonds is 3. The second-order valence-corrected chi connectivity index (χ2v) is 6.51. The molecule has 0 radical (unpaired) electrons. The lowest BCUT2D eigenvalue weighted by Gasteiger charge is -2.07. The Morgan fingerprint density at radius 3 is 2.74 bits per heavy atom. The van der Waals surface area contributed by atoms with Crippen LogP contribution in [-0.4, -0.2) is 18.1 Å². The molecule has 1 heterocycles. The number of ether oxygens (including phenoxy) is 1. The summed E-state index contributed by atoms with van der Waals surface area (Å²) in [7, 11) is 1.58. The van der Waals surface area contributed by atoms with E-state index in [1.807, 2.05) is 25.1 Å². The van der Waals surface area contributed by atoms with Crippen LogP contribution >= 0.6 is 22.9 Å². The molecule has 0 atom stereocenters. The van der Waals surface area contributed by atoms with Crippen molar-refractivity contribution in [1.82, 2.24) is 0 Å². The number of methoxy groups -OCH3 is 1. The highest BCUT2D eigenvalue weighted by Gasteiger charge is 2.18. The van der Waals surface area contributed by atoms with Crippen LogP contribution in [0.15, 0.2) is 36.4 Å². The van der Waals surface area contributed by atoms with E-state index in [-0.39, 0.29) is 11.7 Å². The van der Waals surface area contributed by atoms with E-state index >= 15 is 0 Å². The summed E-state index contributed by atoms with van der Waals surface area (Å²) in [6.07, 6.45) is 0. The second kappa shape index (κ2) is 6.10. The van der Waals surface area contributed by atoms with Crippen LogP contribution < -0.4 is 10.1 Å². The van der Waals surface area contributed by atoms with Gasteiger partial charge in [0.2, 0.25) is 0 Å². The van der Waals surface area contributed by atoms with Crippen LogP contribution in [0.3, 0.4) is 0 Å². The molecule has 0 saturated heterocycles. The highest BCUT2D eigenvalue weighted by Crippen LogP contribution is 2.38. The molecule has 2 N–H and O–H groups in total. The zero-order chi connectivity index (χ0) is 16.6. The van der Waals surface area contributed by atoms with Gasteiger partial charge in [-0.2, -0.15) is 0 Å². The Bertz CT molecular complexity index is 904. The predicted molar refractivity (Wildman–Crippen MR) is 94.2 cm³/mol. The number of thiophene rings is 1. The Labute approximate surface area is 142 Å². The van der Waals surface area contributed by atoms with Crippen molar-refractivity contribution < 1.29 is 14.6 Å². The number of halogens is 1. The number of benzene rings is 2. The number of nitrogens with one attached hydrogen (secondary N) is 1. The maximum absolute atomic E-state index is 12.5. The second-order valence-electron chi connectivity index (χ2n) is 5.08. The topological polar surface area (TPSA) is 58.6 Å². The van der Waals surface area contributed by atoms with Crippen LogP contribution in [0.2, 0.25) is 5.02 Å². The number of carbonyl (C=O) groups is 1. The normalized spacial score (nSPS) is 10.7. The van der Waals surface area contributed by atoms with Gasteiger partial charge in [-0.1, -0.05) is 17.7 Å². The number of amides is 1. The van der Waals surface area contributed by atoms with Crippen molar-refractivity contribution >= 4 is 44.6 Å². The van der Waals surface area contributed by atoms with Gasteiger partial charge in [0, 0.05) is 10.1 Å². The number of carbonyl (C=O) groups excluding carboxylic acids is 1. The molecule has 0 aliphatic carbocycles. The van der Waals surface area contributed by atoms with Gasteiger partial charge in [0.15, 0.2) is 0 Å². The average Bonchev–Trinajstić information content (AvgIpc) is 2.86. The molecule has 0 spiro atoms. The summed E-state index contributed by atoms with van der Waals surface area (Å²) in [6, 6.07) is 10.5. The van der Waals surface area contributed by atoms with Gasteiger partial charge in [-0.3, -0.25) is 4.79 Å². The Morgan fingerprint density at radius 2 is 2.04 bits per heavy atom. The monoisotopic (exact) mass is 347 g/mol. The first-order valence-corrected chi connectivity index (χ1v) is 8.06. The molecular formula is C17H14ClNO3S. The SMILES string of the molecule is COc1ccc2sc(C(=O)Nc3ccc(C)cc3O)c(Cl)c2c1. The number of anilines is 1. The summed E-state index contributed by atoms with van der Waals surface area (Å²) >= 11 is 7.64. The van der Waals surface area contributed by atoms with E-state index in [0.717, 1.165) is 15.6 Å². The minimum Gasteiger partial charge on any atom is -0.506 e. The summed E-state index contributed by atoms with van der Waals surface area (Å²) in [5.41, 5.74) is 1.26. The minimum atomic E-state index is -0.352. The molecule has 118 valence electrons. The van der Waals surface area contributed by atoms with Crippen molar-refractivity contribution in [2.24, 2.45) is 0 Å². The maximum atomic E-state index is 12.5. The van der Waals surface area contributed by atoms with Gasteiger partial charge in [0.05, 0.1) is 17.8 Å². The average molecular weight is 348 g/mol. The van der Waals surface area contributed by atoms with Gasteiger partial charge in [0.1, 0.15) is 16.4 Å². The number of aromatic hydroxyl groups is 1. The number of hydrogen-bond donors (Lipinski definition) is 2. The minimum absolute atomic E-state index is 0.0252. The van der Waals surface area contributed by atoms with E-state index < -0.39 is 0 Å². The van der Waals surface area contributed by atoms with Gasteiger partial charge in [0.25, 0.3) is 5.91 Å². The first-order chi connectivity index (χ1) is 11.0. The number of phenols is 1. The number of aryl methyl sites for hydroxylation is 1. The smallest absolute Gasteiger partial charge is 0.267 e. The van der Waals surface area contributed by atoms with Crippen LogP contribution in [0.4, 0.5) is 5.69 Å². The van der Waals surface area contributed by atoms with E-state index in [0.29, 0.717) is 21.3 Å². The first kappa shape index (κ1) is 15.6. The fraction of sp³-hybridized carbons (Fsp3) is 0.118. The van der Waals surface area contributed by atoms with Gasteiger partial charge in [-0.25, -0.2) is 0 Å². The molecule has 0 fully saturated rings. The first-order valence-electron chi connectivity index (χ1n) is 6.86. The molecule has 3 aromatic rings. The van der Waals surface area contributed by atoms with E-state index in [1.54, 1.807) is 25.3 Å². The van der Waals surface area contributed by atoms with Crippen molar-refractivity contribution in [1.29, 1.82) is 0 Å². The van der Waals surface area contributed by atoms with Crippen molar-refractivity contribution in [3.05, 3.63) is 51.9 Å². The summed E-state index contributed by atoms with van der Waals surface area (Å²) in [5.74, 6) is 0.354. The zero-order valence-corrected chi connectivity index (χ0v) is 14.1. The molecule has 0 aliphatic rings. The van der Waals surface area contributed by atoms with Crippen LogP contribution in [-0.2, 0) is 0 Å². The summed E-state index contributed by atoms with van der Waals surface area (Å²) in [5, 5.41) is 13.7. The van der Waals surface area contributed by atoms with Gasteiger partial charge in [-0.15, -0.1) is 11.3 Å². The van der Waals surface area contributed by atoms with Crippen molar-refractivity contribution in [2.75, 3.05) is 12.4 Å². The van der Waals surface area contributed by atoms with Crippen molar-refractivity contribution in [2.45, 2.75) is 6.92 Å². The Hall–Kier alpha value is -2.24. The predicted octanol–water partition coefficient (Wildman–Crippen LogP) is 4.83. The maximum Gasteiger partial charge on any atom is 0.267 e. The number of fused-ring (bicyclic) bond motifs is 1. The molecule has 0 aliphatic heterocycles. The highest BCUT2D eigenvalue weighted by molar-refractivity contribution is 7.21. The third-order valence-electron chi connectivity index (χ3n) is 3.44. The third kappa shape index (κ3) is 2.98. The molecule has 0 unspecified atom stereocenters. The molecule has 0 saturated carbocycles. The number of hydrogen-bond acceptors (Lipinski definition) is 4. The molecular weight excluding hydrogens is 334 g/mol. The molecule has 0 bridgehead atoms. The Morgan fingerprint density at radius 1 is 1.26 bits per heavy atom. The van der Waals surface area contributed by atoms with E-state index in [9.17, 15) is 9.90 Å². The highest BCUT2D eigenvalue weighted by atomic mass is 35.5. The molecule has 3 rings (SSSR count). The van der Waals surface area contributed by atoms with Gasteiger partial charge >= 0.3 is 0 Å². The van der Waals surface area contributed by atoms with E-state index in [1.165, 1.54) is 11.3 Å².